The lowest BCUT2D eigenvalue weighted by atomic mass is 10.1. The van der Waals surface area contributed by atoms with Crippen molar-refractivity contribution in [2.24, 2.45) is 5.73 Å². The van der Waals surface area contributed by atoms with Crippen molar-refractivity contribution in [3.8, 4) is 0 Å². The number of thiocarbonyl (C=S) groups is 1. The van der Waals surface area contributed by atoms with Gasteiger partial charge in [0.25, 0.3) is 6.43 Å². The third kappa shape index (κ3) is 3.89. The van der Waals surface area contributed by atoms with Crippen molar-refractivity contribution in [1.82, 2.24) is 0 Å². The molecule has 1 rings (SSSR count). The Morgan fingerprint density at radius 2 is 2.17 bits per heavy atom. The lowest BCUT2D eigenvalue weighted by Crippen LogP contribution is -2.33. The van der Waals surface area contributed by atoms with Gasteiger partial charge in [-0.3, -0.25) is 0 Å². The number of hydrogen-bond donors (Lipinski definition) is 2. The molecule has 0 spiro atoms. The fourth-order valence-corrected chi connectivity index (χ4v) is 1.88. The second kappa shape index (κ2) is 6.61. The van der Waals surface area contributed by atoms with Gasteiger partial charge >= 0.3 is 0 Å². The Morgan fingerprint density at radius 1 is 1.50 bits per heavy atom. The van der Waals surface area contributed by atoms with Gasteiger partial charge in [0, 0.05) is 17.8 Å². The molecule has 0 radical (unpaired) electrons. The maximum atomic E-state index is 12.5. The zero-order valence-corrected chi connectivity index (χ0v) is 10.9. The van der Waals surface area contributed by atoms with E-state index in [1.165, 1.54) is 4.90 Å². The van der Waals surface area contributed by atoms with Crippen LogP contribution in [0.4, 0.5) is 14.5 Å². The van der Waals surface area contributed by atoms with Crippen LogP contribution in [0, 0.1) is 6.92 Å². The van der Waals surface area contributed by atoms with Crippen LogP contribution in [0.3, 0.4) is 0 Å². The highest BCUT2D eigenvalue weighted by atomic mass is 32.1. The summed E-state index contributed by atoms with van der Waals surface area (Å²) in [6.07, 6.45) is -2.49. The van der Waals surface area contributed by atoms with E-state index in [9.17, 15) is 8.78 Å². The molecular weight excluding hydrogens is 258 g/mol. The van der Waals surface area contributed by atoms with E-state index in [1.54, 1.807) is 18.2 Å². The van der Waals surface area contributed by atoms with Gasteiger partial charge in [-0.2, -0.15) is 0 Å². The molecule has 0 saturated carbocycles. The molecule has 0 saturated heterocycles. The maximum absolute atomic E-state index is 12.5. The normalized spacial score (nSPS) is 10.7. The Morgan fingerprint density at radius 3 is 2.67 bits per heavy atom. The smallest absolute Gasteiger partial charge is 0.255 e. The Bertz CT molecular complexity index is 427. The highest BCUT2D eigenvalue weighted by Gasteiger charge is 2.16. The number of aliphatic hydroxyl groups is 1. The first kappa shape index (κ1) is 14.8. The summed E-state index contributed by atoms with van der Waals surface area (Å²) in [5, 5.41) is 8.94. The average Bonchev–Trinajstić information content (AvgIpc) is 2.27. The highest BCUT2D eigenvalue weighted by Crippen LogP contribution is 2.22. The summed E-state index contributed by atoms with van der Waals surface area (Å²) < 4.78 is 25.0. The molecule has 0 atom stereocenters. The number of rotatable bonds is 6. The summed E-state index contributed by atoms with van der Waals surface area (Å²) in [5.74, 6) is 0. The number of nitrogens with two attached hydrogens (primary N) is 1. The molecule has 18 heavy (non-hydrogen) atoms. The fourth-order valence-electron chi connectivity index (χ4n) is 1.72. The fraction of sp³-hybridized carbons (Fsp3) is 0.417. The van der Waals surface area contributed by atoms with Gasteiger partial charge in [0.2, 0.25) is 0 Å². The largest absolute Gasteiger partial charge is 0.395 e. The second-order valence-corrected chi connectivity index (χ2v) is 4.39. The van der Waals surface area contributed by atoms with Crippen molar-refractivity contribution in [3.05, 3.63) is 29.3 Å². The maximum Gasteiger partial charge on any atom is 0.255 e. The average molecular weight is 274 g/mol. The number of aryl methyl sites for hydroxylation is 1. The molecular formula is C12H16F2N2OS. The molecule has 0 bridgehead atoms. The minimum absolute atomic E-state index is 0.114. The molecule has 100 valence electrons. The van der Waals surface area contributed by atoms with E-state index in [-0.39, 0.29) is 18.1 Å². The molecule has 3 N–H and O–H groups in total. The number of nitrogens with zero attached hydrogens (tertiary/aromatic N) is 1. The summed E-state index contributed by atoms with van der Waals surface area (Å²) in [6, 6.07) is 5.25. The lowest BCUT2D eigenvalue weighted by Gasteiger charge is -2.26. The zero-order chi connectivity index (χ0) is 13.7. The van der Waals surface area contributed by atoms with Gasteiger partial charge in [-0.05, 0) is 19.1 Å². The number of anilines is 1. The van der Waals surface area contributed by atoms with Crippen LogP contribution in [0.5, 0.6) is 0 Å². The van der Waals surface area contributed by atoms with Gasteiger partial charge < -0.3 is 15.7 Å². The van der Waals surface area contributed by atoms with Crippen molar-refractivity contribution >= 4 is 22.9 Å². The van der Waals surface area contributed by atoms with E-state index in [0.717, 1.165) is 5.56 Å². The van der Waals surface area contributed by atoms with E-state index in [1.807, 2.05) is 6.92 Å². The number of benzene rings is 1. The molecule has 0 aliphatic rings. The molecule has 0 heterocycles. The molecule has 0 amide bonds. The van der Waals surface area contributed by atoms with E-state index >= 15 is 0 Å². The summed E-state index contributed by atoms with van der Waals surface area (Å²) in [7, 11) is 0. The van der Waals surface area contributed by atoms with Gasteiger partial charge in [0.1, 0.15) is 4.99 Å². The molecule has 0 unspecified atom stereocenters. The predicted molar refractivity (Wildman–Crippen MR) is 72.4 cm³/mol. The summed E-state index contributed by atoms with van der Waals surface area (Å²) in [5.41, 5.74) is 7.63. The molecule has 3 nitrogen and oxygen atoms in total. The SMILES string of the molecule is Cc1ccc(N(CCO)CC(F)F)c(C(N)=S)c1. The van der Waals surface area contributed by atoms with Gasteiger partial charge in [0.15, 0.2) is 0 Å². The first-order valence-corrected chi connectivity index (χ1v) is 5.91. The monoisotopic (exact) mass is 274 g/mol. The van der Waals surface area contributed by atoms with Gasteiger partial charge in [-0.15, -0.1) is 0 Å². The molecule has 0 fully saturated rings. The van der Waals surface area contributed by atoms with Gasteiger partial charge in [0.05, 0.1) is 13.2 Å². The van der Waals surface area contributed by atoms with Crippen LogP contribution in [-0.2, 0) is 0 Å². The predicted octanol–water partition coefficient (Wildman–Crippen LogP) is 1.69. The van der Waals surface area contributed by atoms with Crippen LogP contribution in [0.15, 0.2) is 18.2 Å². The highest BCUT2D eigenvalue weighted by molar-refractivity contribution is 7.80. The number of halogens is 2. The quantitative estimate of drug-likeness (QED) is 0.775. The Hall–Kier alpha value is -1.27. The number of aliphatic hydroxyl groups excluding tert-OH is 1. The Labute approximate surface area is 110 Å². The summed E-state index contributed by atoms with van der Waals surface area (Å²) >= 11 is 4.93. The molecule has 1 aromatic carbocycles. The minimum Gasteiger partial charge on any atom is -0.395 e. The number of alkyl halides is 2. The molecule has 6 heteroatoms. The first-order valence-electron chi connectivity index (χ1n) is 5.50. The van der Waals surface area contributed by atoms with Crippen LogP contribution >= 0.6 is 12.2 Å². The van der Waals surface area contributed by atoms with E-state index in [4.69, 9.17) is 23.1 Å². The van der Waals surface area contributed by atoms with Gasteiger partial charge in [-0.1, -0.05) is 23.8 Å². The lowest BCUT2D eigenvalue weighted by molar-refractivity contribution is 0.153. The number of hydrogen-bond acceptors (Lipinski definition) is 3. The van der Waals surface area contributed by atoms with Crippen molar-refractivity contribution in [1.29, 1.82) is 0 Å². The van der Waals surface area contributed by atoms with E-state index in [2.05, 4.69) is 0 Å². The minimum atomic E-state index is -2.49. The van der Waals surface area contributed by atoms with Crippen molar-refractivity contribution in [2.45, 2.75) is 13.3 Å². The van der Waals surface area contributed by atoms with Crippen LogP contribution in [0.2, 0.25) is 0 Å². The zero-order valence-electron chi connectivity index (χ0n) is 10.1. The van der Waals surface area contributed by atoms with Crippen molar-refractivity contribution in [2.75, 3.05) is 24.6 Å². The molecule has 0 aliphatic heterocycles. The standard InChI is InChI=1S/C12H16F2N2OS/c1-8-2-3-10(9(6-8)12(15)18)16(4-5-17)7-11(13)14/h2-3,6,11,17H,4-5,7H2,1H3,(H2,15,18). The van der Waals surface area contributed by atoms with Crippen molar-refractivity contribution in [3.63, 3.8) is 0 Å². The van der Waals surface area contributed by atoms with Crippen molar-refractivity contribution < 1.29 is 13.9 Å². The summed E-state index contributed by atoms with van der Waals surface area (Å²) in [4.78, 5) is 1.55. The van der Waals surface area contributed by atoms with E-state index in [0.29, 0.717) is 11.3 Å². The first-order chi connectivity index (χ1) is 8.45. The molecule has 0 aliphatic carbocycles. The van der Waals surface area contributed by atoms with Crippen LogP contribution in [0.1, 0.15) is 11.1 Å². The molecule has 0 aromatic heterocycles. The Balaban J connectivity index is 3.13. The third-order valence-corrected chi connectivity index (χ3v) is 2.71. The van der Waals surface area contributed by atoms with Gasteiger partial charge in [-0.25, -0.2) is 8.78 Å². The topological polar surface area (TPSA) is 49.5 Å². The van der Waals surface area contributed by atoms with Crippen LogP contribution in [0.25, 0.3) is 0 Å². The Kier molecular flexibility index (Phi) is 5.43. The second-order valence-electron chi connectivity index (χ2n) is 3.95. The van der Waals surface area contributed by atoms with Crippen LogP contribution < -0.4 is 10.6 Å². The van der Waals surface area contributed by atoms with Crippen LogP contribution in [-0.4, -0.2) is 36.2 Å². The van der Waals surface area contributed by atoms with E-state index < -0.39 is 13.0 Å². The molecule has 1 aromatic rings. The third-order valence-electron chi connectivity index (χ3n) is 2.49. The summed E-state index contributed by atoms with van der Waals surface area (Å²) in [6.45, 7) is 1.31.